The van der Waals surface area contributed by atoms with Crippen LogP contribution in [0.15, 0.2) is 39.9 Å². The molecule has 0 atom stereocenters. The molecule has 0 N–H and O–H groups in total. The van der Waals surface area contributed by atoms with Crippen LogP contribution in [0.25, 0.3) is 0 Å². The molecule has 0 fully saturated rings. The van der Waals surface area contributed by atoms with Gasteiger partial charge in [-0.15, -0.1) is 0 Å². The second-order valence-electron chi connectivity index (χ2n) is 21.7. The zero-order chi connectivity index (χ0) is 59.5. The van der Waals surface area contributed by atoms with E-state index in [1.807, 2.05) is 222 Å². The van der Waals surface area contributed by atoms with Crippen LogP contribution in [0.5, 0.6) is 0 Å². The van der Waals surface area contributed by atoms with Crippen LogP contribution in [-0.4, -0.2) is 95.5 Å². The maximum Gasteiger partial charge on any atom is 4.00 e. The number of nitrogens with zero attached hydrogens (tertiary/aromatic N) is 8. The van der Waals surface area contributed by atoms with E-state index < -0.39 is 0 Å². The van der Waals surface area contributed by atoms with Crippen LogP contribution in [0.2, 0.25) is 0 Å². The molecule has 0 aromatic heterocycles. The molecule has 16 nitrogen and oxygen atoms in total. The summed E-state index contributed by atoms with van der Waals surface area (Å²) in [6.45, 7) is 60.1. The summed E-state index contributed by atoms with van der Waals surface area (Å²) in [6, 6.07) is 1.11. The third-order valence-electron chi connectivity index (χ3n) is 7.03. The van der Waals surface area contributed by atoms with E-state index in [1.54, 1.807) is 0 Å². The largest absolute Gasteiger partial charge is 4.00 e. The normalized spacial score (nSPS) is 13.0. The van der Waals surface area contributed by atoms with Crippen molar-refractivity contribution in [2.45, 2.75) is 270 Å². The summed E-state index contributed by atoms with van der Waals surface area (Å²) in [6.07, 6.45) is 0. The van der Waals surface area contributed by atoms with E-state index in [0.29, 0.717) is 0 Å². The van der Waals surface area contributed by atoms with Crippen molar-refractivity contribution in [2.75, 3.05) is 0 Å². The molecular weight excluding hydrogens is 1100 g/mol. The molecule has 18 heteroatoms. The third kappa shape index (κ3) is 86.2. The van der Waals surface area contributed by atoms with E-state index in [-0.39, 0.29) is 195 Å². The van der Waals surface area contributed by atoms with Crippen molar-refractivity contribution < 1.29 is 93.3 Å². The van der Waals surface area contributed by atoms with Gasteiger partial charge in [0, 0.05) is 48.3 Å². The molecule has 0 unspecified atom stereocenters. The van der Waals surface area contributed by atoms with Gasteiger partial charge < -0.3 is 80.8 Å². The Balaban J connectivity index is -0.0000000788. The molecule has 0 saturated carbocycles. The maximum absolute atomic E-state index is 10.8. The Morgan fingerprint density at radius 2 is 0.216 bits per heavy atom. The third-order valence-corrected chi connectivity index (χ3v) is 7.03. The fourth-order valence-corrected chi connectivity index (χ4v) is 3.23. The first-order chi connectivity index (χ1) is 32.3. The fraction of sp³-hybridized carbons (Fsp3) is 0.857. The van der Waals surface area contributed by atoms with Crippen molar-refractivity contribution in [3.8, 4) is 0 Å². The van der Waals surface area contributed by atoms with E-state index in [1.165, 1.54) is 0 Å². The zero-order valence-electron chi connectivity index (χ0n) is 53.1. The summed E-state index contributed by atoms with van der Waals surface area (Å²) in [5.41, 5.74) is 0. The first kappa shape index (κ1) is 94.0. The van der Waals surface area contributed by atoms with E-state index in [9.17, 15) is 40.9 Å². The molecule has 0 amide bonds. The van der Waals surface area contributed by atoms with Crippen LogP contribution in [-0.2, 0) is 52.4 Å². The Kier molecular flexibility index (Phi) is 72.0. The van der Waals surface area contributed by atoms with Gasteiger partial charge in [-0.05, 0) is 205 Å². The van der Waals surface area contributed by atoms with Gasteiger partial charge in [0.25, 0.3) is 0 Å². The van der Waals surface area contributed by atoms with Gasteiger partial charge in [-0.25, -0.2) is 0 Å². The first-order valence-corrected chi connectivity index (χ1v) is 26.3. The molecule has 0 rings (SSSR count). The minimum Gasteiger partial charge on any atom is -0.862 e. The van der Waals surface area contributed by atoms with Crippen molar-refractivity contribution in [1.82, 2.24) is 0 Å². The molecule has 0 bridgehead atoms. The SMILES string of the molecule is CC(C)N=C([O-])C(C)C.CC(C)N=C([O-])C(C)C.CC(C)N=C([O-])C(C)C.CC(C)N=C([O-])C(C)C.CC(C)N=C([O-])C(C)C.CC(C)N=C([O-])C(C)C.CC(C)N=C([O-])C(C)C.CC(C)N=C([O-])C(C)C.[Zr+4].[Zr+4]. The molecule has 0 aliphatic carbocycles. The molecule has 0 saturated heterocycles. The van der Waals surface area contributed by atoms with Crippen LogP contribution in [0.4, 0.5) is 0 Å². The van der Waals surface area contributed by atoms with Crippen molar-refractivity contribution in [3.63, 3.8) is 0 Å². The summed E-state index contributed by atoms with van der Waals surface area (Å²) in [7, 11) is 0. The second-order valence-corrected chi connectivity index (χ2v) is 21.7. The Morgan fingerprint density at radius 1 is 0.162 bits per heavy atom. The van der Waals surface area contributed by atoms with Gasteiger partial charge in [-0.1, -0.05) is 111 Å². The first-order valence-electron chi connectivity index (χ1n) is 26.3. The average Bonchev–Trinajstić information content (AvgIpc) is 3.17. The monoisotopic (exact) mass is 1200 g/mol. The summed E-state index contributed by atoms with van der Waals surface area (Å²) in [5, 5.41) is 86.3. The van der Waals surface area contributed by atoms with Crippen LogP contribution >= 0.6 is 0 Å². The van der Waals surface area contributed by atoms with Crippen molar-refractivity contribution in [3.05, 3.63) is 0 Å². The number of hydrogen-bond donors (Lipinski definition) is 0. The number of rotatable bonds is 16. The zero-order valence-corrected chi connectivity index (χ0v) is 58.0. The average molecular weight is 1210 g/mol. The predicted molar refractivity (Wildman–Crippen MR) is 299 cm³/mol. The molecule has 0 spiro atoms. The minimum absolute atomic E-state index is 0. The molecule has 0 aromatic rings. The van der Waals surface area contributed by atoms with E-state index >= 15 is 0 Å². The second kappa shape index (κ2) is 56.7. The molecule has 432 valence electrons. The number of aliphatic imine (C=N–C) groups is 8. The Bertz CT molecular complexity index is 1190. The van der Waals surface area contributed by atoms with Crippen LogP contribution in [0.1, 0.15) is 222 Å². The maximum atomic E-state index is 10.8. The van der Waals surface area contributed by atoms with Gasteiger partial charge in [0.2, 0.25) is 0 Å². The predicted octanol–water partition coefficient (Wildman–Crippen LogP) is 6.47. The molecule has 0 aliphatic heterocycles. The molecular formula is C56H112N8O8Zr2. The van der Waals surface area contributed by atoms with E-state index in [4.69, 9.17) is 0 Å². The van der Waals surface area contributed by atoms with E-state index in [2.05, 4.69) is 39.9 Å². The molecule has 0 aliphatic rings. The van der Waals surface area contributed by atoms with Gasteiger partial charge in [0.15, 0.2) is 0 Å². The van der Waals surface area contributed by atoms with Gasteiger partial charge >= 0.3 is 52.4 Å². The van der Waals surface area contributed by atoms with Crippen LogP contribution in [0, 0.1) is 47.3 Å². The molecule has 0 heterocycles. The smallest absolute Gasteiger partial charge is 0.862 e. The van der Waals surface area contributed by atoms with Gasteiger partial charge in [0.05, 0.1) is 0 Å². The van der Waals surface area contributed by atoms with Crippen molar-refractivity contribution >= 4 is 47.2 Å². The minimum atomic E-state index is 0. The van der Waals surface area contributed by atoms with Crippen molar-refractivity contribution in [2.24, 2.45) is 87.3 Å². The van der Waals surface area contributed by atoms with Gasteiger partial charge in [-0.3, -0.25) is 0 Å². The molecule has 0 radical (unpaired) electrons. The number of hydrogen-bond acceptors (Lipinski definition) is 16. The Labute approximate surface area is 494 Å². The summed E-state index contributed by atoms with van der Waals surface area (Å²) < 4.78 is 0. The fourth-order valence-electron chi connectivity index (χ4n) is 3.23. The summed E-state index contributed by atoms with van der Waals surface area (Å²) >= 11 is 0. The molecule has 0 aromatic carbocycles. The Morgan fingerprint density at radius 3 is 0.230 bits per heavy atom. The standard InChI is InChI=1S/8C7H15NO.2Zr/c8*1-5(2)7(9)8-6(3)4;;/h8*5-6H,1-4H3,(H,8,9);;/q;;;;;;;;2*+4/p-8. The van der Waals surface area contributed by atoms with E-state index in [0.717, 1.165) is 0 Å². The summed E-state index contributed by atoms with van der Waals surface area (Å²) in [5.74, 6) is 0.425. The van der Waals surface area contributed by atoms with Gasteiger partial charge in [-0.2, -0.15) is 0 Å². The van der Waals surface area contributed by atoms with Crippen LogP contribution < -0.4 is 40.9 Å². The van der Waals surface area contributed by atoms with Crippen LogP contribution in [0.3, 0.4) is 0 Å². The van der Waals surface area contributed by atoms with Crippen molar-refractivity contribution in [1.29, 1.82) is 0 Å². The Hall–Kier alpha value is -2.47. The topological polar surface area (TPSA) is 283 Å². The molecule has 74 heavy (non-hydrogen) atoms. The quantitative estimate of drug-likeness (QED) is 0.122. The summed E-state index contributed by atoms with van der Waals surface area (Å²) in [4.78, 5) is 30.7. The van der Waals surface area contributed by atoms with Gasteiger partial charge in [0.1, 0.15) is 0 Å².